The number of benzene rings is 1. The van der Waals surface area contributed by atoms with Gasteiger partial charge < -0.3 is 15.0 Å². The number of piperidine rings is 1. The smallest absolute Gasteiger partial charge is 0.410 e. The minimum atomic E-state index is -0.253. The van der Waals surface area contributed by atoms with Crippen LogP contribution in [0.2, 0.25) is 10.0 Å². The van der Waals surface area contributed by atoms with Gasteiger partial charge in [-0.3, -0.25) is 0 Å². The summed E-state index contributed by atoms with van der Waals surface area (Å²) in [5, 5.41) is 4.48. The molecule has 1 aromatic rings. The van der Waals surface area contributed by atoms with E-state index in [9.17, 15) is 4.79 Å². The second-order valence-corrected chi connectivity index (χ2v) is 6.62. The minimum Gasteiger partial charge on any atom is -0.445 e. The van der Waals surface area contributed by atoms with Gasteiger partial charge in [0.2, 0.25) is 0 Å². The zero-order chi connectivity index (χ0) is 14.8. The van der Waals surface area contributed by atoms with Gasteiger partial charge in [0.05, 0.1) is 0 Å². The maximum absolute atomic E-state index is 12.1. The summed E-state index contributed by atoms with van der Waals surface area (Å²) in [5.41, 5.74) is 0.804. The largest absolute Gasteiger partial charge is 0.445 e. The van der Waals surface area contributed by atoms with Gasteiger partial charge in [-0.2, -0.15) is 0 Å². The lowest BCUT2D eigenvalue weighted by atomic mass is 9.89. The number of nitrogens with one attached hydrogen (secondary N) is 1. The normalized spacial score (nSPS) is 24.8. The lowest BCUT2D eigenvalue weighted by Crippen LogP contribution is -2.43. The van der Waals surface area contributed by atoms with Crippen LogP contribution >= 0.6 is 23.2 Å². The average molecular weight is 329 g/mol. The van der Waals surface area contributed by atoms with Gasteiger partial charge in [0, 0.05) is 23.1 Å². The fourth-order valence-electron chi connectivity index (χ4n) is 3.13. The Morgan fingerprint density at radius 1 is 1.24 bits per heavy atom. The van der Waals surface area contributed by atoms with Crippen molar-refractivity contribution in [1.82, 2.24) is 10.2 Å². The topological polar surface area (TPSA) is 41.6 Å². The fourth-order valence-corrected chi connectivity index (χ4v) is 3.70. The number of fused-ring (bicyclic) bond motifs is 1. The monoisotopic (exact) mass is 328 g/mol. The lowest BCUT2D eigenvalue weighted by molar-refractivity contribution is 0.0730. The van der Waals surface area contributed by atoms with Gasteiger partial charge in [0.15, 0.2) is 0 Å². The van der Waals surface area contributed by atoms with Crippen LogP contribution in [0.1, 0.15) is 12.0 Å². The molecule has 6 heteroatoms. The maximum Gasteiger partial charge on any atom is 0.410 e. The van der Waals surface area contributed by atoms with Crippen LogP contribution in [0.15, 0.2) is 18.2 Å². The first-order valence-corrected chi connectivity index (χ1v) is 7.95. The van der Waals surface area contributed by atoms with Gasteiger partial charge in [-0.15, -0.1) is 0 Å². The zero-order valence-electron chi connectivity index (χ0n) is 11.6. The van der Waals surface area contributed by atoms with Crippen LogP contribution in [0.3, 0.4) is 0 Å². The highest BCUT2D eigenvalue weighted by atomic mass is 35.5. The average Bonchev–Trinajstić information content (AvgIpc) is 2.91. The quantitative estimate of drug-likeness (QED) is 0.906. The maximum atomic E-state index is 12.1. The molecule has 2 fully saturated rings. The van der Waals surface area contributed by atoms with Crippen molar-refractivity contribution in [2.24, 2.45) is 11.8 Å². The van der Waals surface area contributed by atoms with E-state index in [1.807, 2.05) is 0 Å². The van der Waals surface area contributed by atoms with E-state index in [1.165, 1.54) is 0 Å². The summed E-state index contributed by atoms with van der Waals surface area (Å²) in [6, 6.07) is 5.17. The number of nitrogens with zero attached hydrogens (tertiary/aromatic N) is 1. The number of hydrogen-bond acceptors (Lipinski definition) is 3. The molecule has 3 rings (SSSR count). The van der Waals surface area contributed by atoms with Crippen LogP contribution in [0.25, 0.3) is 0 Å². The summed E-state index contributed by atoms with van der Waals surface area (Å²) in [4.78, 5) is 14.0. The first-order chi connectivity index (χ1) is 10.1. The molecule has 2 saturated heterocycles. The Morgan fingerprint density at radius 2 is 1.95 bits per heavy atom. The van der Waals surface area contributed by atoms with Crippen LogP contribution in [0.5, 0.6) is 0 Å². The third-order valence-corrected chi connectivity index (χ3v) is 4.68. The van der Waals surface area contributed by atoms with Crippen molar-refractivity contribution in [1.29, 1.82) is 0 Å². The second-order valence-electron chi connectivity index (χ2n) is 5.75. The Balaban J connectivity index is 1.54. The summed E-state index contributed by atoms with van der Waals surface area (Å²) < 4.78 is 5.38. The Labute approximate surface area is 134 Å². The highest BCUT2D eigenvalue weighted by Gasteiger charge is 2.34. The second kappa shape index (κ2) is 6.42. The summed E-state index contributed by atoms with van der Waals surface area (Å²) in [6.07, 6.45) is 0.798. The Kier molecular flexibility index (Phi) is 4.57. The molecule has 4 nitrogen and oxygen atoms in total. The molecule has 0 saturated carbocycles. The Hall–Kier alpha value is -0.970. The molecule has 2 atom stereocenters. The molecule has 2 unspecified atom stereocenters. The minimum absolute atomic E-state index is 0.196. The molecule has 2 aliphatic rings. The summed E-state index contributed by atoms with van der Waals surface area (Å²) in [6.45, 7) is 3.83. The van der Waals surface area contributed by atoms with E-state index in [-0.39, 0.29) is 12.7 Å². The van der Waals surface area contributed by atoms with Crippen LogP contribution in [0, 0.1) is 11.8 Å². The standard InChI is InChI=1S/C15H18Cl2N2O2/c16-13-3-10(4-14(17)5-13)9-21-15(20)19-2-1-11-6-18-7-12(11)8-19/h3-5,11-12,18H,1-2,6-9H2. The highest BCUT2D eigenvalue weighted by molar-refractivity contribution is 6.34. The van der Waals surface area contributed by atoms with Gasteiger partial charge in [0.1, 0.15) is 6.61 Å². The lowest BCUT2D eigenvalue weighted by Gasteiger charge is -2.33. The Bertz CT molecular complexity index is 518. The molecule has 1 amide bonds. The van der Waals surface area contributed by atoms with Crippen LogP contribution < -0.4 is 5.32 Å². The van der Waals surface area contributed by atoms with E-state index in [1.54, 1.807) is 23.1 Å². The van der Waals surface area contributed by atoms with E-state index < -0.39 is 0 Å². The van der Waals surface area contributed by atoms with E-state index in [4.69, 9.17) is 27.9 Å². The summed E-state index contributed by atoms with van der Waals surface area (Å²) in [5.74, 6) is 1.27. The van der Waals surface area contributed by atoms with Gasteiger partial charge in [-0.1, -0.05) is 23.2 Å². The number of amides is 1. The van der Waals surface area contributed by atoms with Crippen molar-refractivity contribution < 1.29 is 9.53 Å². The van der Waals surface area contributed by atoms with Crippen molar-refractivity contribution in [3.05, 3.63) is 33.8 Å². The first kappa shape index (κ1) is 14.9. The molecule has 1 aromatic carbocycles. The molecule has 1 N–H and O–H groups in total. The van der Waals surface area contributed by atoms with Crippen molar-refractivity contribution in [2.45, 2.75) is 13.0 Å². The summed E-state index contributed by atoms with van der Waals surface area (Å²) >= 11 is 11.9. The number of rotatable bonds is 2. The van der Waals surface area contributed by atoms with E-state index >= 15 is 0 Å². The third-order valence-electron chi connectivity index (χ3n) is 4.25. The molecule has 21 heavy (non-hydrogen) atoms. The van der Waals surface area contributed by atoms with E-state index in [0.717, 1.165) is 38.2 Å². The van der Waals surface area contributed by atoms with Gasteiger partial charge in [-0.25, -0.2) is 4.79 Å². The SMILES string of the molecule is O=C(OCc1cc(Cl)cc(Cl)c1)N1CCC2CNCC2C1. The highest BCUT2D eigenvalue weighted by Crippen LogP contribution is 2.27. The molecular weight excluding hydrogens is 311 g/mol. The predicted octanol–water partition coefficient (Wildman–Crippen LogP) is 3.17. The number of likely N-dealkylation sites (tertiary alicyclic amines) is 1. The first-order valence-electron chi connectivity index (χ1n) is 7.19. The van der Waals surface area contributed by atoms with Crippen molar-refractivity contribution in [3.63, 3.8) is 0 Å². The molecule has 0 aliphatic carbocycles. The number of halogens is 2. The number of carbonyl (C=O) groups excluding carboxylic acids is 1. The Morgan fingerprint density at radius 3 is 2.71 bits per heavy atom. The van der Waals surface area contributed by atoms with Crippen molar-refractivity contribution in [2.75, 3.05) is 26.2 Å². The van der Waals surface area contributed by atoms with E-state index in [2.05, 4.69) is 5.32 Å². The van der Waals surface area contributed by atoms with Crippen molar-refractivity contribution >= 4 is 29.3 Å². The molecule has 2 heterocycles. The van der Waals surface area contributed by atoms with Crippen LogP contribution in [-0.2, 0) is 11.3 Å². The number of hydrogen-bond donors (Lipinski definition) is 1. The van der Waals surface area contributed by atoms with Crippen molar-refractivity contribution in [3.8, 4) is 0 Å². The molecule has 0 bridgehead atoms. The number of carbonyl (C=O) groups is 1. The van der Waals surface area contributed by atoms with E-state index in [0.29, 0.717) is 21.9 Å². The fraction of sp³-hybridized carbons (Fsp3) is 0.533. The third kappa shape index (κ3) is 3.62. The summed E-state index contributed by atoms with van der Waals surface area (Å²) in [7, 11) is 0. The van der Waals surface area contributed by atoms with Gasteiger partial charge in [-0.05, 0) is 55.1 Å². The molecule has 0 spiro atoms. The number of ether oxygens (including phenoxy) is 1. The molecule has 0 radical (unpaired) electrons. The van der Waals surface area contributed by atoms with Gasteiger partial charge in [0.25, 0.3) is 0 Å². The zero-order valence-corrected chi connectivity index (χ0v) is 13.2. The van der Waals surface area contributed by atoms with Crippen LogP contribution in [0.4, 0.5) is 4.79 Å². The molecule has 114 valence electrons. The molecular formula is C15H18Cl2N2O2. The van der Waals surface area contributed by atoms with Crippen LogP contribution in [-0.4, -0.2) is 37.2 Å². The predicted molar refractivity (Wildman–Crippen MR) is 82.7 cm³/mol. The van der Waals surface area contributed by atoms with Gasteiger partial charge >= 0.3 is 6.09 Å². The molecule has 2 aliphatic heterocycles. The molecule has 0 aromatic heterocycles.